The van der Waals surface area contributed by atoms with E-state index in [2.05, 4.69) is 18.7 Å². The Morgan fingerprint density at radius 3 is 2.32 bits per heavy atom. The summed E-state index contributed by atoms with van der Waals surface area (Å²) in [6.45, 7) is 7.46. The highest BCUT2D eigenvalue weighted by molar-refractivity contribution is 7.89. The van der Waals surface area contributed by atoms with Crippen LogP contribution in [0, 0.1) is 0 Å². The molecular formula is C19H26N2O3S. The molecule has 0 aliphatic carbocycles. The van der Waals surface area contributed by atoms with E-state index < -0.39 is 10.0 Å². The largest absolute Gasteiger partial charge is 0.468 e. The van der Waals surface area contributed by atoms with E-state index in [0.29, 0.717) is 37.0 Å². The maximum atomic E-state index is 12.9. The molecule has 1 saturated heterocycles. The van der Waals surface area contributed by atoms with Gasteiger partial charge in [0, 0.05) is 26.2 Å². The fraction of sp³-hybridized carbons (Fsp3) is 0.474. The zero-order chi connectivity index (χ0) is 17.9. The van der Waals surface area contributed by atoms with Gasteiger partial charge in [0.2, 0.25) is 10.0 Å². The van der Waals surface area contributed by atoms with Crippen molar-refractivity contribution in [1.29, 1.82) is 0 Å². The van der Waals surface area contributed by atoms with Gasteiger partial charge in [0.15, 0.2) is 0 Å². The topological polar surface area (TPSA) is 53.8 Å². The SMILES string of the molecule is CCC(C)c1ccc(S(=O)(=O)N2CCN(Cc3ccco3)CC2)cc1. The summed E-state index contributed by atoms with van der Waals surface area (Å²) in [5.74, 6) is 1.36. The van der Waals surface area contributed by atoms with Crippen LogP contribution in [0.25, 0.3) is 0 Å². The molecule has 1 aliphatic rings. The predicted molar refractivity (Wildman–Crippen MR) is 97.9 cm³/mol. The molecule has 1 aromatic heterocycles. The molecule has 1 fully saturated rings. The number of furan rings is 1. The van der Waals surface area contributed by atoms with Crippen LogP contribution in [-0.4, -0.2) is 43.8 Å². The molecule has 6 heteroatoms. The van der Waals surface area contributed by atoms with Crippen molar-refractivity contribution in [3.05, 3.63) is 54.0 Å². The number of nitrogens with zero attached hydrogens (tertiary/aromatic N) is 2. The lowest BCUT2D eigenvalue weighted by Crippen LogP contribution is -2.48. The Morgan fingerprint density at radius 2 is 1.76 bits per heavy atom. The molecule has 0 amide bonds. The second kappa shape index (κ2) is 7.72. The fourth-order valence-electron chi connectivity index (χ4n) is 3.10. The number of hydrogen-bond donors (Lipinski definition) is 0. The molecule has 136 valence electrons. The third-order valence-corrected chi connectivity index (χ3v) is 6.90. The van der Waals surface area contributed by atoms with Gasteiger partial charge in [-0.1, -0.05) is 26.0 Å². The van der Waals surface area contributed by atoms with Crippen molar-refractivity contribution in [1.82, 2.24) is 9.21 Å². The molecule has 5 nitrogen and oxygen atoms in total. The third kappa shape index (κ3) is 4.14. The van der Waals surface area contributed by atoms with E-state index in [9.17, 15) is 8.42 Å². The van der Waals surface area contributed by atoms with Crippen molar-refractivity contribution in [2.45, 2.75) is 37.6 Å². The predicted octanol–water partition coefficient (Wildman–Crippen LogP) is 3.30. The summed E-state index contributed by atoms with van der Waals surface area (Å²) in [6, 6.07) is 11.2. The molecule has 2 aromatic rings. The van der Waals surface area contributed by atoms with Gasteiger partial charge < -0.3 is 4.42 Å². The van der Waals surface area contributed by atoms with Gasteiger partial charge >= 0.3 is 0 Å². The smallest absolute Gasteiger partial charge is 0.243 e. The minimum atomic E-state index is -3.41. The summed E-state index contributed by atoms with van der Waals surface area (Å²) in [5.41, 5.74) is 1.18. The Morgan fingerprint density at radius 1 is 1.08 bits per heavy atom. The highest BCUT2D eigenvalue weighted by Gasteiger charge is 2.28. The van der Waals surface area contributed by atoms with Crippen LogP contribution < -0.4 is 0 Å². The Kier molecular flexibility index (Phi) is 5.61. The zero-order valence-corrected chi connectivity index (χ0v) is 15.7. The van der Waals surface area contributed by atoms with Gasteiger partial charge in [-0.15, -0.1) is 0 Å². The summed E-state index contributed by atoms with van der Waals surface area (Å²) in [6.07, 6.45) is 2.71. The molecule has 1 aliphatic heterocycles. The summed E-state index contributed by atoms with van der Waals surface area (Å²) in [7, 11) is -3.41. The standard InChI is InChI=1S/C19H26N2O3S/c1-3-16(2)17-6-8-19(9-7-17)25(22,23)21-12-10-20(11-13-21)15-18-5-4-14-24-18/h4-9,14,16H,3,10-13,15H2,1-2H3. The maximum Gasteiger partial charge on any atom is 0.243 e. The molecule has 1 aromatic carbocycles. The average molecular weight is 362 g/mol. The van der Waals surface area contributed by atoms with Crippen LogP contribution in [0.2, 0.25) is 0 Å². The molecule has 1 atom stereocenters. The first-order valence-electron chi connectivity index (χ1n) is 8.85. The van der Waals surface area contributed by atoms with Crippen LogP contribution in [0.15, 0.2) is 52.0 Å². The molecule has 1 unspecified atom stereocenters. The Labute approximate surface area is 150 Å². The number of piperazine rings is 1. The summed E-state index contributed by atoms with van der Waals surface area (Å²) >= 11 is 0. The zero-order valence-electron chi connectivity index (χ0n) is 14.9. The molecule has 0 bridgehead atoms. The molecule has 0 radical (unpaired) electrons. The van der Waals surface area contributed by atoms with Crippen LogP contribution in [-0.2, 0) is 16.6 Å². The van der Waals surface area contributed by atoms with E-state index in [1.807, 2.05) is 24.3 Å². The quantitative estimate of drug-likeness (QED) is 0.791. The van der Waals surface area contributed by atoms with Crippen molar-refractivity contribution < 1.29 is 12.8 Å². The molecule has 0 spiro atoms. The second-order valence-corrected chi connectivity index (χ2v) is 8.58. The summed E-state index contributed by atoms with van der Waals surface area (Å²) in [4.78, 5) is 2.61. The van der Waals surface area contributed by atoms with Crippen LogP contribution in [0.5, 0.6) is 0 Å². The molecule has 0 saturated carbocycles. The monoisotopic (exact) mass is 362 g/mol. The van der Waals surface area contributed by atoms with Gasteiger partial charge in [-0.3, -0.25) is 4.90 Å². The highest BCUT2D eigenvalue weighted by atomic mass is 32.2. The van der Waals surface area contributed by atoms with E-state index in [0.717, 1.165) is 18.7 Å². The molecule has 0 N–H and O–H groups in total. The van der Waals surface area contributed by atoms with E-state index in [4.69, 9.17) is 4.42 Å². The maximum absolute atomic E-state index is 12.9. The third-order valence-electron chi connectivity index (χ3n) is 4.99. The number of rotatable bonds is 6. The van der Waals surface area contributed by atoms with Gasteiger partial charge in [0.25, 0.3) is 0 Å². The van der Waals surface area contributed by atoms with Gasteiger partial charge in [0.1, 0.15) is 5.76 Å². The fourth-order valence-corrected chi connectivity index (χ4v) is 4.53. The lowest BCUT2D eigenvalue weighted by Gasteiger charge is -2.33. The molecular weight excluding hydrogens is 336 g/mol. The minimum Gasteiger partial charge on any atom is -0.468 e. The Bertz CT molecular complexity index is 762. The molecule has 25 heavy (non-hydrogen) atoms. The van der Waals surface area contributed by atoms with Crippen LogP contribution in [0.3, 0.4) is 0 Å². The Balaban J connectivity index is 1.63. The van der Waals surface area contributed by atoms with Crippen molar-refractivity contribution in [2.75, 3.05) is 26.2 Å². The van der Waals surface area contributed by atoms with Crippen molar-refractivity contribution >= 4 is 10.0 Å². The first-order chi connectivity index (χ1) is 12.0. The van der Waals surface area contributed by atoms with Gasteiger partial charge in [-0.25, -0.2) is 8.42 Å². The highest BCUT2D eigenvalue weighted by Crippen LogP contribution is 2.23. The first kappa shape index (κ1) is 18.2. The van der Waals surface area contributed by atoms with Crippen LogP contribution in [0.1, 0.15) is 37.5 Å². The average Bonchev–Trinajstić information content (AvgIpc) is 3.14. The van der Waals surface area contributed by atoms with Crippen molar-refractivity contribution in [2.24, 2.45) is 0 Å². The molecule has 3 rings (SSSR count). The lowest BCUT2D eigenvalue weighted by atomic mass is 9.99. The number of hydrogen-bond acceptors (Lipinski definition) is 4. The van der Waals surface area contributed by atoms with E-state index in [-0.39, 0.29) is 0 Å². The normalized spacial score (nSPS) is 18.3. The van der Waals surface area contributed by atoms with Gasteiger partial charge in [0.05, 0.1) is 17.7 Å². The number of benzene rings is 1. The van der Waals surface area contributed by atoms with E-state index in [1.54, 1.807) is 22.7 Å². The number of sulfonamides is 1. The van der Waals surface area contributed by atoms with Gasteiger partial charge in [-0.2, -0.15) is 4.31 Å². The Hall–Kier alpha value is -1.63. The van der Waals surface area contributed by atoms with E-state index >= 15 is 0 Å². The second-order valence-electron chi connectivity index (χ2n) is 6.64. The summed E-state index contributed by atoms with van der Waals surface area (Å²) < 4.78 is 32.7. The lowest BCUT2D eigenvalue weighted by molar-refractivity contribution is 0.171. The minimum absolute atomic E-state index is 0.388. The molecule has 2 heterocycles. The van der Waals surface area contributed by atoms with E-state index in [1.165, 1.54) is 5.56 Å². The van der Waals surface area contributed by atoms with Crippen LogP contribution in [0.4, 0.5) is 0 Å². The van der Waals surface area contributed by atoms with Crippen molar-refractivity contribution in [3.8, 4) is 0 Å². The van der Waals surface area contributed by atoms with Gasteiger partial charge in [-0.05, 0) is 42.2 Å². The summed E-state index contributed by atoms with van der Waals surface area (Å²) in [5, 5.41) is 0. The van der Waals surface area contributed by atoms with Crippen LogP contribution >= 0.6 is 0 Å². The van der Waals surface area contributed by atoms with Crippen molar-refractivity contribution in [3.63, 3.8) is 0 Å². The first-order valence-corrected chi connectivity index (χ1v) is 10.3.